The van der Waals surface area contributed by atoms with Gasteiger partial charge in [-0.1, -0.05) is 13.8 Å². The number of piperazine rings is 3. The summed E-state index contributed by atoms with van der Waals surface area (Å²) in [4.78, 5) is 10.9. The first kappa shape index (κ1) is 12.5. The van der Waals surface area contributed by atoms with Crippen molar-refractivity contribution in [2.24, 2.45) is 5.73 Å². The lowest BCUT2D eigenvalue weighted by molar-refractivity contribution is -1.07. The van der Waals surface area contributed by atoms with Crippen molar-refractivity contribution < 1.29 is 13.8 Å². The molecule has 4 nitrogen and oxygen atoms in total. The number of rotatable bonds is 2. The van der Waals surface area contributed by atoms with Gasteiger partial charge in [0.15, 0.2) is 6.54 Å². The highest BCUT2D eigenvalue weighted by atomic mass is 16.1. The minimum atomic E-state index is -0.141. The number of hydrogen-bond acceptors (Lipinski definition) is 1. The first-order valence-electron chi connectivity index (χ1n) is 6.01. The predicted octanol–water partition coefficient (Wildman–Crippen LogP) is -0.211. The summed E-state index contributed by atoms with van der Waals surface area (Å²) in [5, 5.41) is 0. The van der Waals surface area contributed by atoms with E-state index < -0.39 is 0 Å². The van der Waals surface area contributed by atoms with Gasteiger partial charge in [-0.25, -0.2) is 0 Å². The molecule has 4 heteroatoms. The normalized spacial score (nSPS) is 38.1. The van der Waals surface area contributed by atoms with E-state index in [-0.39, 0.29) is 5.91 Å². The van der Waals surface area contributed by atoms with Gasteiger partial charge in [-0.15, -0.1) is 0 Å². The van der Waals surface area contributed by atoms with E-state index in [2.05, 4.69) is 7.05 Å². The van der Waals surface area contributed by atoms with Gasteiger partial charge in [-0.05, 0) is 0 Å². The molecule has 0 aromatic carbocycles. The summed E-state index contributed by atoms with van der Waals surface area (Å²) in [6.07, 6.45) is 0. The maximum absolute atomic E-state index is 10.9. The Kier molecular flexibility index (Phi) is 3.73. The Labute approximate surface area is 92.8 Å². The average molecular weight is 215 g/mol. The maximum atomic E-state index is 10.9. The molecule has 0 unspecified atom stereocenters. The molecule has 0 saturated carbocycles. The summed E-state index contributed by atoms with van der Waals surface area (Å²) < 4.78 is 2.17. The Morgan fingerprint density at radius 3 is 1.80 bits per heavy atom. The zero-order chi connectivity index (χ0) is 11.5. The highest BCUT2D eigenvalue weighted by Crippen LogP contribution is 2.23. The summed E-state index contributed by atoms with van der Waals surface area (Å²) >= 11 is 0. The first-order valence-corrected chi connectivity index (χ1v) is 6.01. The van der Waals surface area contributed by atoms with Crippen molar-refractivity contribution in [1.29, 1.82) is 0 Å². The zero-order valence-electron chi connectivity index (χ0n) is 10.3. The molecular weight excluding hydrogens is 190 g/mol. The fourth-order valence-electron chi connectivity index (χ4n) is 2.60. The van der Waals surface area contributed by atoms with Crippen LogP contribution in [0.1, 0.15) is 13.8 Å². The molecule has 15 heavy (non-hydrogen) atoms. The van der Waals surface area contributed by atoms with Gasteiger partial charge in [-0.3, -0.25) is 4.79 Å². The van der Waals surface area contributed by atoms with Gasteiger partial charge in [0.2, 0.25) is 0 Å². The number of nitrogens with two attached hydrogens (primary N) is 1. The van der Waals surface area contributed by atoms with Crippen LogP contribution in [-0.4, -0.2) is 67.7 Å². The van der Waals surface area contributed by atoms with Crippen LogP contribution in [0.5, 0.6) is 0 Å². The van der Waals surface area contributed by atoms with Gasteiger partial charge in [0.1, 0.15) is 39.3 Å². The van der Waals surface area contributed by atoms with Crippen LogP contribution in [0.15, 0.2) is 0 Å². The Morgan fingerprint density at radius 2 is 1.47 bits per heavy atom. The molecular formula is C11H25N3O+2. The summed E-state index contributed by atoms with van der Waals surface area (Å²) in [7, 11) is 2.32. The molecule has 0 aromatic heterocycles. The van der Waals surface area contributed by atoms with E-state index in [1.165, 1.54) is 24.1 Å². The van der Waals surface area contributed by atoms with Gasteiger partial charge in [0.25, 0.3) is 5.91 Å². The Morgan fingerprint density at radius 1 is 1.07 bits per heavy atom. The van der Waals surface area contributed by atoms with Crippen LogP contribution in [0.4, 0.5) is 0 Å². The number of likely N-dealkylation sites (N-methyl/N-ethyl adjacent to an activating group) is 1. The van der Waals surface area contributed by atoms with Crippen LogP contribution in [-0.2, 0) is 4.79 Å². The minimum absolute atomic E-state index is 0.141. The number of primary amides is 1. The third-order valence-electron chi connectivity index (χ3n) is 3.83. The van der Waals surface area contributed by atoms with Crippen LogP contribution in [0.2, 0.25) is 0 Å². The number of carbonyl (C=O) groups excluding carboxylic acids is 1. The molecule has 1 amide bonds. The Balaban J connectivity index is 0.000000531. The molecule has 0 radical (unpaired) electrons. The number of fused-ring (bicyclic) bond motifs is 3. The summed E-state index contributed by atoms with van der Waals surface area (Å²) in [6.45, 7) is 11.6. The Hall–Kier alpha value is -0.610. The standard InChI is InChI=1S/C9H18N3O.C2H6/c1-11-2-5-12(6-3-11,7-4-11)8-9(10)13;1-2/h2-8H2,1H3,(H-,10,13);1-2H3/q+1;/p+1. The first-order chi connectivity index (χ1) is 7.04. The SMILES string of the molecule is CC.C[N+]12CC[N+](CC(N)=O)(CC1)CC2. The molecule has 3 fully saturated rings. The summed E-state index contributed by atoms with van der Waals surface area (Å²) in [6, 6.07) is 0. The van der Waals surface area contributed by atoms with Crippen molar-refractivity contribution in [1.82, 2.24) is 0 Å². The molecule has 2 N–H and O–H groups in total. The molecule has 3 rings (SSSR count). The van der Waals surface area contributed by atoms with Gasteiger partial charge in [0.05, 0.1) is 7.05 Å². The van der Waals surface area contributed by atoms with Gasteiger partial charge in [-0.2, -0.15) is 0 Å². The summed E-state index contributed by atoms with van der Waals surface area (Å²) in [5.74, 6) is -0.141. The van der Waals surface area contributed by atoms with Crippen molar-refractivity contribution in [3.05, 3.63) is 0 Å². The van der Waals surface area contributed by atoms with Crippen molar-refractivity contribution in [2.45, 2.75) is 13.8 Å². The van der Waals surface area contributed by atoms with Crippen LogP contribution < -0.4 is 5.73 Å². The second-order valence-corrected chi connectivity index (χ2v) is 4.93. The van der Waals surface area contributed by atoms with E-state index in [1.807, 2.05) is 13.8 Å². The van der Waals surface area contributed by atoms with E-state index in [0.717, 1.165) is 24.1 Å². The summed E-state index contributed by atoms with van der Waals surface area (Å²) in [5.41, 5.74) is 5.27. The smallest absolute Gasteiger partial charge is 0.272 e. The molecule has 2 bridgehead atoms. The molecule has 88 valence electrons. The highest BCUT2D eigenvalue weighted by Gasteiger charge is 2.47. The van der Waals surface area contributed by atoms with Crippen LogP contribution in [0.3, 0.4) is 0 Å². The van der Waals surface area contributed by atoms with Gasteiger partial charge in [0, 0.05) is 0 Å². The van der Waals surface area contributed by atoms with Crippen molar-refractivity contribution in [3.8, 4) is 0 Å². The van der Waals surface area contributed by atoms with E-state index >= 15 is 0 Å². The molecule has 0 aliphatic carbocycles. The van der Waals surface area contributed by atoms with Crippen LogP contribution in [0, 0.1) is 0 Å². The zero-order valence-corrected chi connectivity index (χ0v) is 10.3. The number of quaternary nitrogens is 2. The van der Waals surface area contributed by atoms with E-state index in [0.29, 0.717) is 6.54 Å². The lowest BCUT2D eigenvalue weighted by Crippen LogP contribution is -2.74. The Bertz CT molecular complexity index is 215. The molecule has 0 spiro atoms. The third-order valence-corrected chi connectivity index (χ3v) is 3.83. The van der Waals surface area contributed by atoms with Gasteiger partial charge < -0.3 is 14.7 Å². The lowest BCUT2D eigenvalue weighted by atomic mass is 10.1. The van der Waals surface area contributed by atoms with Crippen LogP contribution >= 0.6 is 0 Å². The monoisotopic (exact) mass is 215 g/mol. The van der Waals surface area contributed by atoms with Gasteiger partial charge >= 0.3 is 0 Å². The second kappa shape index (κ2) is 4.49. The van der Waals surface area contributed by atoms with Crippen molar-refractivity contribution >= 4 is 5.91 Å². The van der Waals surface area contributed by atoms with E-state index in [1.54, 1.807) is 0 Å². The predicted molar refractivity (Wildman–Crippen MR) is 61.1 cm³/mol. The number of carbonyl (C=O) groups is 1. The fourth-order valence-corrected chi connectivity index (χ4v) is 2.60. The number of amides is 1. The molecule has 3 saturated heterocycles. The highest BCUT2D eigenvalue weighted by molar-refractivity contribution is 5.74. The average Bonchev–Trinajstić information content (AvgIpc) is 2.23. The van der Waals surface area contributed by atoms with Crippen molar-refractivity contribution in [2.75, 3.05) is 52.9 Å². The lowest BCUT2D eigenvalue weighted by Gasteiger charge is -2.53. The fraction of sp³-hybridized carbons (Fsp3) is 0.909. The minimum Gasteiger partial charge on any atom is -0.365 e. The molecule has 0 atom stereocenters. The molecule has 3 heterocycles. The number of nitrogens with zero attached hydrogens (tertiary/aromatic N) is 2. The van der Waals surface area contributed by atoms with E-state index in [4.69, 9.17) is 5.73 Å². The second-order valence-electron chi connectivity index (χ2n) is 4.93. The number of hydrogen-bond donors (Lipinski definition) is 1. The third kappa shape index (κ3) is 2.69. The maximum Gasteiger partial charge on any atom is 0.272 e. The van der Waals surface area contributed by atoms with E-state index in [9.17, 15) is 4.79 Å². The topological polar surface area (TPSA) is 43.1 Å². The van der Waals surface area contributed by atoms with Crippen LogP contribution in [0.25, 0.3) is 0 Å². The molecule has 3 aliphatic heterocycles. The largest absolute Gasteiger partial charge is 0.365 e. The molecule has 0 aromatic rings. The quantitative estimate of drug-likeness (QED) is 0.636. The van der Waals surface area contributed by atoms with Crippen molar-refractivity contribution in [3.63, 3.8) is 0 Å². The molecule has 3 aliphatic rings.